The number of benzene rings is 2. The molecule has 21 heteroatoms. The summed E-state index contributed by atoms with van der Waals surface area (Å²) in [5.41, 5.74) is -1.86. The summed E-state index contributed by atoms with van der Waals surface area (Å²) in [5, 5.41) is 9.31. The van der Waals surface area contributed by atoms with Crippen LogP contribution in [0.4, 0.5) is 35.1 Å². The summed E-state index contributed by atoms with van der Waals surface area (Å²) in [6, 6.07) is 11.2. The molecule has 8 rings (SSSR count). The lowest BCUT2D eigenvalue weighted by atomic mass is 9.73. The van der Waals surface area contributed by atoms with Crippen molar-refractivity contribution in [3.05, 3.63) is 70.0 Å². The van der Waals surface area contributed by atoms with Crippen LogP contribution in [0.3, 0.4) is 0 Å². The smallest absolute Gasteiger partial charge is 0.425 e. The van der Waals surface area contributed by atoms with E-state index in [0.29, 0.717) is 50.5 Å². The van der Waals surface area contributed by atoms with E-state index in [1.54, 1.807) is 20.8 Å². The van der Waals surface area contributed by atoms with Crippen LogP contribution >= 0.6 is 0 Å². The number of nitrogens with zero attached hydrogens (tertiary/aromatic N) is 1. The third-order valence-corrected chi connectivity index (χ3v) is 20.5. The number of alkyl halides is 3. The first-order valence-electron chi connectivity index (χ1n) is 32.9. The number of halogens is 8. The molecule has 2 aliphatic heterocycles. The highest BCUT2D eigenvalue weighted by Gasteiger charge is 2.76. The van der Waals surface area contributed by atoms with Gasteiger partial charge in [-0.1, -0.05) is 127 Å². The maximum Gasteiger partial charge on any atom is 0.425 e. The molecule has 6 fully saturated rings. The Hall–Kier alpha value is -5.81. The lowest BCUT2D eigenvalue weighted by molar-refractivity contribution is -0.222. The van der Waals surface area contributed by atoms with Crippen molar-refractivity contribution < 1.29 is 92.3 Å². The predicted octanol–water partition coefficient (Wildman–Crippen LogP) is 17.2. The van der Waals surface area contributed by atoms with E-state index in [9.17, 15) is 69.2 Å². The van der Waals surface area contributed by atoms with Crippen LogP contribution in [-0.2, 0) is 62.6 Å². The van der Waals surface area contributed by atoms with Gasteiger partial charge >= 0.3 is 42.0 Å². The van der Waals surface area contributed by atoms with E-state index in [-0.39, 0.29) is 53.0 Å². The van der Waals surface area contributed by atoms with Gasteiger partial charge in [0.05, 0.1) is 28.9 Å². The molecule has 4 saturated carbocycles. The number of unbranched alkanes of at least 4 members (excludes halogenated alkanes) is 1. The standard InChI is InChI=1S/C18H23F3O6.C15H19NO4.C14H28O2.C14H22.C10H9F5/c1-5-16(3,4)13(22)26-11-9-6-10-12(11)27-15(24)17(10,7-9)14(23)25-8(2)18(19,20)21;1-4-14(2,3)12(17)19-10-8-5-9-11(10)20-13(18)15(9,6-8)7-16;1-6-9-10-12(7-2)11-16-13(15)14(4,5)8-3;1-6-11(2)12-7-9-13(10-8-12)14(3,4)5;1-3-4(2)5-6(11)8(13)10(15)9(14)7(5)12/h8-12H,5-7H2,1-4H3;8-11H,4-6H2,1-3H3;12H,6-11H2,1-5H3;7-11H,6H2,1-5H3;4H,3H2,1-2H3. The van der Waals surface area contributed by atoms with E-state index in [4.69, 9.17) is 23.7 Å². The van der Waals surface area contributed by atoms with E-state index >= 15 is 0 Å². The van der Waals surface area contributed by atoms with Crippen molar-refractivity contribution in [2.24, 2.45) is 56.7 Å². The van der Waals surface area contributed by atoms with Crippen LogP contribution in [-0.4, -0.2) is 79.1 Å². The van der Waals surface area contributed by atoms with Crippen LogP contribution in [0.15, 0.2) is 24.3 Å². The number of carbonyl (C=O) groups is 6. The molecule has 2 heterocycles. The molecule has 6 aliphatic rings. The number of hydrogen-bond acceptors (Lipinski definition) is 13. The summed E-state index contributed by atoms with van der Waals surface area (Å²) in [6.07, 6.45) is 0.544. The lowest BCUT2D eigenvalue weighted by Gasteiger charge is -2.33. The van der Waals surface area contributed by atoms with E-state index in [2.05, 4.69) is 83.5 Å². The first-order chi connectivity index (χ1) is 42.5. The van der Waals surface area contributed by atoms with Gasteiger partial charge in [-0.3, -0.25) is 28.8 Å². The monoisotopic (exact) mass is 1310 g/mol. The average molecular weight is 1310 g/mol. The molecule has 2 aromatic carbocycles. The highest BCUT2D eigenvalue weighted by molar-refractivity contribution is 6.03. The second-order valence-electron chi connectivity index (χ2n) is 28.9. The van der Waals surface area contributed by atoms with Crippen molar-refractivity contribution in [2.45, 2.75) is 269 Å². The quantitative estimate of drug-likeness (QED) is 0.0305. The van der Waals surface area contributed by atoms with Gasteiger partial charge in [0.15, 0.2) is 40.2 Å². The summed E-state index contributed by atoms with van der Waals surface area (Å²) >= 11 is 0. The molecular weight excluding hydrogens is 1210 g/mol. The van der Waals surface area contributed by atoms with Crippen LogP contribution in [0, 0.1) is 97.1 Å². The zero-order chi connectivity index (χ0) is 70.2. The summed E-state index contributed by atoms with van der Waals surface area (Å²) in [4.78, 5) is 73.2. The van der Waals surface area contributed by atoms with Gasteiger partial charge in [-0.05, 0) is 147 Å². The predicted molar refractivity (Wildman–Crippen MR) is 329 cm³/mol. The molecule has 0 N–H and O–H groups in total. The Morgan fingerprint density at radius 2 is 1.07 bits per heavy atom. The fourth-order valence-corrected chi connectivity index (χ4v) is 12.1. The number of hydrogen-bond donors (Lipinski definition) is 0. The van der Waals surface area contributed by atoms with Crippen molar-refractivity contribution in [2.75, 3.05) is 6.61 Å². The molecule has 518 valence electrons. The van der Waals surface area contributed by atoms with Gasteiger partial charge in [0, 0.05) is 29.2 Å². The van der Waals surface area contributed by atoms with Crippen LogP contribution in [0.5, 0.6) is 0 Å². The Kier molecular flexibility index (Phi) is 26.6. The Bertz CT molecular complexity index is 2920. The number of ether oxygens (including phenoxy) is 6. The van der Waals surface area contributed by atoms with Gasteiger partial charge in [-0.25, -0.2) is 22.0 Å². The van der Waals surface area contributed by atoms with E-state index < -0.39 is 123 Å². The second-order valence-corrected chi connectivity index (χ2v) is 28.9. The van der Waals surface area contributed by atoms with E-state index in [1.807, 2.05) is 48.5 Å². The minimum absolute atomic E-state index is 0.0269. The Labute approximate surface area is 539 Å². The first kappa shape index (κ1) is 78.6. The third kappa shape index (κ3) is 17.0. The molecule has 0 spiro atoms. The molecule has 0 amide bonds. The molecule has 2 aromatic rings. The average Bonchev–Trinajstić information content (AvgIpc) is 1.54. The zero-order valence-corrected chi connectivity index (χ0v) is 57.5. The molecule has 2 saturated heterocycles. The third-order valence-electron chi connectivity index (χ3n) is 20.5. The van der Waals surface area contributed by atoms with Gasteiger partial charge in [0.25, 0.3) is 0 Å². The van der Waals surface area contributed by atoms with Crippen LogP contribution in [0.1, 0.15) is 244 Å². The summed E-state index contributed by atoms with van der Waals surface area (Å²) in [7, 11) is 0. The molecule has 0 radical (unpaired) electrons. The fraction of sp³-hybridized carbons (Fsp3) is 0.732. The number of fused-ring (bicyclic) bond motifs is 2. The lowest BCUT2D eigenvalue weighted by Crippen LogP contribution is -2.48. The first-order valence-corrected chi connectivity index (χ1v) is 32.9. The maximum absolute atomic E-state index is 13.1. The summed E-state index contributed by atoms with van der Waals surface area (Å²) < 4.78 is 134. The molecule has 0 aromatic heterocycles. The Morgan fingerprint density at radius 1 is 0.620 bits per heavy atom. The van der Waals surface area contributed by atoms with Gasteiger partial charge in [0.1, 0.15) is 24.4 Å². The van der Waals surface area contributed by atoms with Crippen molar-refractivity contribution in [3.8, 4) is 6.07 Å². The molecule has 4 bridgehead atoms. The van der Waals surface area contributed by atoms with Gasteiger partial charge in [0.2, 0.25) is 5.82 Å². The second kappa shape index (κ2) is 31.2. The molecule has 14 unspecified atom stereocenters. The highest BCUT2D eigenvalue weighted by atomic mass is 19.4. The van der Waals surface area contributed by atoms with Crippen molar-refractivity contribution in [3.63, 3.8) is 0 Å². The summed E-state index contributed by atoms with van der Waals surface area (Å²) in [5.74, 6) is -13.1. The number of esters is 6. The van der Waals surface area contributed by atoms with Crippen molar-refractivity contribution in [1.29, 1.82) is 5.26 Å². The van der Waals surface area contributed by atoms with Crippen LogP contribution in [0.2, 0.25) is 0 Å². The molecule has 13 nitrogen and oxygen atoms in total. The van der Waals surface area contributed by atoms with Crippen molar-refractivity contribution >= 4 is 35.8 Å². The Balaban J connectivity index is 0.000000251. The van der Waals surface area contributed by atoms with Gasteiger partial charge in [-0.2, -0.15) is 18.4 Å². The Morgan fingerprint density at radius 3 is 1.50 bits per heavy atom. The molecule has 92 heavy (non-hydrogen) atoms. The van der Waals surface area contributed by atoms with Crippen molar-refractivity contribution in [1.82, 2.24) is 0 Å². The molecule has 4 aliphatic carbocycles. The van der Waals surface area contributed by atoms with Gasteiger partial charge in [-0.15, -0.1) is 0 Å². The minimum atomic E-state index is -4.71. The SMILES string of the molecule is CCC(C)(C)C(=O)OC1C2CC3C1OC(=O)C3(C#N)C2.CCC(C)(C)C(=O)OC1C2CC3C1OC(=O)C3(C(=O)OC(C)C(F)(F)F)C2.CCC(C)c1c(F)c(F)c(F)c(F)c1F.CCC(C)c1ccc(C(C)(C)C)cc1.CCCCC(CC)COC(=O)C(C)(C)CC. The van der Waals surface area contributed by atoms with E-state index in [1.165, 1.54) is 43.7 Å². The zero-order valence-electron chi connectivity index (χ0n) is 57.5. The number of carbonyl (C=O) groups excluding carboxylic acids is 6. The van der Waals surface area contributed by atoms with E-state index in [0.717, 1.165) is 26.2 Å². The highest BCUT2D eigenvalue weighted by Crippen LogP contribution is 2.64. The topological polar surface area (TPSA) is 182 Å². The number of rotatable bonds is 20. The van der Waals surface area contributed by atoms with Crippen LogP contribution in [0.25, 0.3) is 0 Å². The fourth-order valence-electron chi connectivity index (χ4n) is 12.1. The minimum Gasteiger partial charge on any atom is -0.465 e. The molecule has 14 atom stereocenters. The largest absolute Gasteiger partial charge is 0.465 e. The molecular formula is C71H101F8NO12. The summed E-state index contributed by atoms with van der Waals surface area (Å²) in [6.45, 7) is 36.8. The van der Waals surface area contributed by atoms with Crippen LogP contribution < -0.4 is 0 Å². The maximum atomic E-state index is 13.1. The van der Waals surface area contributed by atoms with Gasteiger partial charge < -0.3 is 28.4 Å². The number of nitriles is 1. The normalized spacial score (nSPS) is 26.1.